The molecule has 0 N–H and O–H groups in total. The molecule has 1 aromatic rings. The molecule has 1 aliphatic heterocycles. The van der Waals surface area contributed by atoms with E-state index in [9.17, 15) is 4.79 Å². The molecule has 1 saturated heterocycles. The summed E-state index contributed by atoms with van der Waals surface area (Å²) in [6.45, 7) is 10.4. The number of aromatic nitrogens is 2. The molecule has 5 nitrogen and oxygen atoms in total. The van der Waals surface area contributed by atoms with Gasteiger partial charge in [-0.2, -0.15) is 0 Å². The fourth-order valence-corrected chi connectivity index (χ4v) is 2.62. The third-order valence-electron chi connectivity index (χ3n) is 3.55. The average molecular weight is 279 g/mol. The molecule has 1 aliphatic rings. The van der Waals surface area contributed by atoms with Crippen LogP contribution in [0.1, 0.15) is 46.2 Å². The Labute approximate surface area is 120 Å². The van der Waals surface area contributed by atoms with Crippen LogP contribution in [0.3, 0.4) is 0 Å². The Morgan fingerprint density at radius 2 is 2.25 bits per heavy atom. The lowest BCUT2D eigenvalue weighted by atomic mass is 10.1. The number of aryl methyl sites for hydroxylation is 1. The first-order chi connectivity index (χ1) is 9.40. The van der Waals surface area contributed by atoms with Gasteiger partial charge < -0.3 is 9.30 Å². The molecule has 0 aromatic carbocycles. The predicted molar refractivity (Wildman–Crippen MR) is 77.2 cm³/mol. The zero-order valence-electron chi connectivity index (χ0n) is 12.9. The number of nitrogens with zero attached hydrogens (tertiary/aromatic N) is 3. The van der Waals surface area contributed by atoms with Gasteiger partial charge in [0.15, 0.2) is 0 Å². The highest BCUT2D eigenvalue weighted by atomic mass is 16.6. The minimum absolute atomic E-state index is 0.0995. The van der Waals surface area contributed by atoms with Gasteiger partial charge in [-0.05, 0) is 47.1 Å². The van der Waals surface area contributed by atoms with E-state index in [0.29, 0.717) is 0 Å². The standard InChI is InChI=1S/C15H25N3O2/c1-5-17-11-16-9-12(17)10-18-8-6-7-13(18)14(19)20-15(2,3)4/h9,11,13H,5-8,10H2,1-4H3/t13-/m1/s1. The second-order valence-electron chi connectivity index (χ2n) is 6.33. The van der Waals surface area contributed by atoms with Crippen molar-refractivity contribution in [3.05, 3.63) is 18.2 Å². The van der Waals surface area contributed by atoms with Gasteiger partial charge in [-0.1, -0.05) is 0 Å². The van der Waals surface area contributed by atoms with E-state index in [1.807, 2.05) is 33.3 Å². The van der Waals surface area contributed by atoms with E-state index in [4.69, 9.17) is 4.74 Å². The molecule has 0 saturated carbocycles. The second kappa shape index (κ2) is 5.95. The van der Waals surface area contributed by atoms with Crippen molar-refractivity contribution in [3.63, 3.8) is 0 Å². The average Bonchev–Trinajstić information content (AvgIpc) is 2.96. The summed E-state index contributed by atoms with van der Waals surface area (Å²) in [5.41, 5.74) is 0.735. The van der Waals surface area contributed by atoms with Crippen LogP contribution in [0.15, 0.2) is 12.5 Å². The van der Waals surface area contributed by atoms with Crippen molar-refractivity contribution in [1.29, 1.82) is 0 Å². The number of carbonyl (C=O) groups is 1. The molecule has 112 valence electrons. The van der Waals surface area contributed by atoms with Crippen LogP contribution < -0.4 is 0 Å². The van der Waals surface area contributed by atoms with Crippen molar-refractivity contribution in [1.82, 2.24) is 14.5 Å². The van der Waals surface area contributed by atoms with E-state index in [1.165, 1.54) is 0 Å². The minimum Gasteiger partial charge on any atom is -0.459 e. The maximum absolute atomic E-state index is 12.3. The number of ether oxygens (including phenoxy) is 1. The summed E-state index contributed by atoms with van der Waals surface area (Å²) in [5.74, 6) is -0.0995. The van der Waals surface area contributed by atoms with Crippen LogP contribution in [0.2, 0.25) is 0 Å². The number of esters is 1. The van der Waals surface area contributed by atoms with Crippen LogP contribution in [-0.2, 0) is 22.6 Å². The Hall–Kier alpha value is -1.36. The van der Waals surface area contributed by atoms with Gasteiger partial charge in [-0.3, -0.25) is 9.69 Å². The predicted octanol–water partition coefficient (Wildman–Crippen LogP) is 2.21. The van der Waals surface area contributed by atoms with E-state index in [1.54, 1.807) is 0 Å². The fraction of sp³-hybridized carbons (Fsp3) is 0.733. The van der Waals surface area contributed by atoms with Crippen LogP contribution in [0.4, 0.5) is 0 Å². The highest BCUT2D eigenvalue weighted by molar-refractivity contribution is 5.76. The van der Waals surface area contributed by atoms with Crippen molar-refractivity contribution in [2.75, 3.05) is 6.54 Å². The lowest BCUT2D eigenvalue weighted by molar-refractivity contribution is -0.160. The zero-order chi connectivity index (χ0) is 14.8. The molecule has 2 heterocycles. The lowest BCUT2D eigenvalue weighted by Gasteiger charge is -2.27. The summed E-state index contributed by atoms with van der Waals surface area (Å²) in [6.07, 6.45) is 5.65. The number of carbonyl (C=O) groups excluding carboxylic acids is 1. The summed E-state index contributed by atoms with van der Waals surface area (Å²) in [7, 11) is 0. The summed E-state index contributed by atoms with van der Waals surface area (Å²) in [6, 6.07) is -0.116. The lowest BCUT2D eigenvalue weighted by Crippen LogP contribution is -2.40. The molecule has 1 fully saturated rings. The molecule has 0 unspecified atom stereocenters. The molecule has 2 rings (SSSR count). The summed E-state index contributed by atoms with van der Waals surface area (Å²) in [4.78, 5) is 18.7. The van der Waals surface area contributed by atoms with Gasteiger partial charge in [-0.15, -0.1) is 0 Å². The minimum atomic E-state index is -0.420. The van der Waals surface area contributed by atoms with Gasteiger partial charge in [0.2, 0.25) is 0 Å². The van der Waals surface area contributed by atoms with Crippen LogP contribution in [0, 0.1) is 0 Å². The molecule has 20 heavy (non-hydrogen) atoms. The quantitative estimate of drug-likeness (QED) is 0.793. The Morgan fingerprint density at radius 3 is 2.90 bits per heavy atom. The smallest absolute Gasteiger partial charge is 0.323 e. The Morgan fingerprint density at radius 1 is 1.50 bits per heavy atom. The Kier molecular flexibility index (Phi) is 4.48. The summed E-state index contributed by atoms with van der Waals surface area (Å²) >= 11 is 0. The molecule has 0 radical (unpaired) electrons. The van der Waals surface area contributed by atoms with E-state index in [2.05, 4.69) is 21.4 Å². The highest BCUT2D eigenvalue weighted by Crippen LogP contribution is 2.23. The van der Waals surface area contributed by atoms with Gasteiger partial charge in [0.25, 0.3) is 0 Å². The van der Waals surface area contributed by atoms with Crippen LogP contribution in [-0.4, -0.2) is 38.6 Å². The maximum Gasteiger partial charge on any atom is 0.323 e. The monoisotopic (exact) mass is 279 g/mol. The number of hydrogen-bond acceptors (Lipinski definition) is 4. The summed E-state index contributed by atoms with van der Waals surface area (Å²) in [5, 5.41) is 0. The number of hydrogen-bond donors (Lipinski definition) is 0. The number of likely N-dealkylation sites (tertiary alicyclic amines) is 1. The van der Waals surface area contributed by atoms with Gasteiger partial charge >= 0.3 is 5.97 Å². The molecule has 0 spiro atoms. The molecular formula is C15H25N3O2. The van der Waals surface area contributed by atoms with Crippen molar-refractivity contribution in [2.45, 2.75) is 65.3 Å². The van der Waals surface area contributed by atoms with E-state index in [-0.39, 0.29) is 12.0 Å². The number of rotatable bonds is 4. The van der Waals surface area contributed by atoms with Crippen molar-refractivity contribution in [2.24, 2.45) is 0 Å². The topological polar surface area (TPSA) is 47.4 Å². The Balaban J connectivity index is 2.02. The summed E-state index contributed by atoms with van der Waals surface area (Å²) < 4.78 is 7.64. The molecule has 1 atom stereocenters. The normalized spacial score (nSPS) is 20.3. The van der Waals surface area contributed by atoms with E-state index >= 15 is 0 Å². The fourth-order valence-electron chi connectivity index (χ4n) is 2.62. The van der Waals surface area contributed by atoms with Crippen molar-refractivity contribution < 1.29 is 9.53 Å². The number of imidazole rings is 1. The highest BCUT2D eigenvalue weighted by Gasteiger charge is 2.34. The molecule has 0 amide bonds. The van der Waals surface area contributed by atoms with Crippen molar-refractivity contribution in [3.8, 4) is 0 Å². The van der Waals surface area contributed by atoms with Gasteiger partial charge in [0, 0.05) is 19.3 Å². The van der Waals surface area contributed by atoms with Gasteiger partial charge in [0.1, 0.15) is 11.6 Å². The molecular weight excluding hydrogens is 254 g/mol. The molecule has 1 aromatic heterocycles. The molecule has 0 aliphatic carbocycles. The van der Waals surface area contributed by atoms with Crippen molar-refractivity contribution >= 4 is 5.97 Å². The molecule has 5 heteroatoms. The first-order valence-corrected chi connectivity index (χ1v) is 7.36. The van der Waals surface area contributed by atoms with Crippen LogP contribution in [0.5, 0.6) is 0 Å². The molecule has 0 bridgehead atoms. The van der Waals surface area contributed by atoms with Crippen LogP contribution >= 0.6 is 0 Å². The third kappa shape index (κ3) is 3.60. The van der Waals surface area contributed by atoms with Gasteiger partial charge in [0.05, 0.1) is 12.0 Å². The first kappa shape index (κ1) is 15.0. The largest absolute Gasteiger partial charge is 0.459 e. The SMILES string of the molecule is CCn1cncc1CN1CCC[C@@H]1C(=O)OC(C)(C)C. The zero-order valence-corrected chi connectivity index (χ0v) is 12.9. The van der Waals surface area contributed by atoms with E-state index in [0.717, 1.165) is 38.2 Å². The van der Waals surface area contributed by atoms with E-state index < -0.39 is 5.60 Å². The first-order valence-electron chi connectivity index (χ1n) is 7.36. The second-order valence-corrected chi connectivity index (χ2v) is 6.33. The van der Waals surface area contributed by atoms with Gasteiger partial charge in [-0.25, -0.2) is 4.98 Å². The van der Waals surface area contributed by atoms with Crippen LogP contribution in [0.25, 0.3) is 0 Å². The third-order valence-corrected chi connectivity index (χ3v) is 3.55. The Bertz CT molecular complexity index is 462. The maximum atomic E-state index is 12.3.